The average Bonchev–Trinajstić information content (AvgIpc) is 2.58. The Morgan fingerprint density at radius 1 is 1.71 bits per heavy atom. The normalized spacial score (nSPS) is 21.1. The van der Waals surface area contributed by atoms with Crippen LogP contribution in [0.25, 0.3) is 0 Å². The van der Waals surface area contributed by atoms with E-state index in [4.69, 9.17) is 10.3 Å². The number of carbonyl (C=O) groups excluding carboxylic acids is 1. The van der Waals surface area contributed by atoms with Crippen LogP contribution in [0.5, 0.6) is 0 Å². The first-order chi connectivity index (χ1) is 6.66. The van der Waals surface area contributed by atoms with Gasteiger partial charge in [-0.1, -0.05) is 5.16 Å². The molecule has 0 aromatic carbocycles. The molecule has 1 aromatic rings. The van der Waals surface area contributed by atoms with Crippen LogP contribution in [0.15, 0.2) is 4.52 Å². The number of nitrogens with two attached hydrogens (primary N) is 1. The van der Waals surface area contributed by atoms with Gasteiger partial charge in [0.1, 0.15) is 6.04 Å². The van der Waals surface area contributed by atoms with Crippen LogP contribution in [0.3, 0.4) is 0 Å². The molecule has 0 saturated carbocycles. The SMILES string of the molecule is Cc1noc(CCN2CC(N)C2=O)n1. The monoisotopic (exact) mass is 196 g/mol. The van der Waals surface area contributed by atoms with Gasteiger partial charge in [0.05, 0.1) is 0 Å². The van der Waals surface area contributed by atoms with Gasteiger partial charge in [0.15, 0.2) is 5.82 Å². The second-order valence-corrected chi connectivity index (χ2v) is 3.38. The summed E-state index contributed by atoms with van der Waals surface area (Å²) in [4.78, 5) is 16.8. The number of nitrogens with zero attached hydrogens (tertiary/aromatic N) is 3. The van der Waals surface area contributed by atoms with Crippen molar-refractivity contribution in [2.45, 2.75) is 19.4 Å². The van der Waals surface area contributed by atoms with Gasteiger partial charge in [0.25, 0.3) is 0 Å². The summed E-state index contributed by atoms with van der Waals surface area (Å²) in [6.07, 6.45) is 0.597. The van der Waals surface area contributed by atoms with Crippen LogP contribution in [-0.2, 0) is 11.2 Å². The number of carbonyl (C=O) groups is 1. The van der Waals surface area contributed by atoms with Gasteiger partial charge >= 0.3 is 0 Å². The minimum atomic E-state index is -0.306. The maximum atomic E-state index is 11.1. The summed E-state index contributed by atoms with van der Waals surface area (Å²) >= 11 is 0. The van der Waals surface area contributed by atoms with Crippen LogP contribution in [0.1, 0.15) is 11.7 Å². The first-order valence-electron chi connectivity index (χ1n) is 4.50. The third-order valence-corrected chi connectivity index (χ3v) is 2.21. The number of aryl methyl sites for hydroxylation is 1. The minimum Gasteiger partial charge on any atom is -0.339 e. The quantitative estimate of drug-likeness (QED) is 0.632. The summed E-state index contributed by atoms with van der Waals surface area (Å²) < 4.78 is 4.92. The number of hydrogen-bond acceptors (Lipinski definition) is 5. The van der Waals surface area contributed by atoms with Crippen molar-refractivity contribution in [3.05, 3.63) is 11.7 Å². The van der Waals surface area contributed by atoms with E-state index in [9.17, 15) is 4.79 Å². The van der Waals surface area contributed by atoms with E-state index in [2.05, 4.69) is 10.1 Å². The molecule has 0 radical (unpaired) electrons. The molecule has 1 amide bonds. The molecule has 0 aliphatic carbocycles. The second-order valence-electron chi connectivity index (χ2n) is 3.38. The van der Waals surface area contributed by atoms with Gasteiger partial charge in [0.2, 0.25) is 11.8 Å². The van der Waals surface area contributed by atoms with E-state index in [1.54, 1.807) is 11.8 Å². The van der Waals surface area contributed by atoms with Gasteiger partial charge < -0.3 is 15.2 Å². The molecule has 0 bridgehead atoms. The fraction of sp³-hybridized carbons (Fsp3) is 0.625. The topological polar surface area (TPSA) is 85.3 Å². The number of amides is 1. The molecular weight excluding hydrogens is 184 g/mol. The molecule has 1 aliphatic rings. The number of rotatable bonds is 3. The minimum absolute atomic E-state index is 0.00115. The summed E-state index contributed by atoms with van der Waals surface area (Å²) in [7, 11) is 0. The maximum absolute atomic E-state index is 11.1. The van der Waals surface area contributed by atoms with Crippen LogP contribution < -0.4 is 5.73 Å². The molecule has 0 spiro atoms. The third-order valence-electron chi connectivity index (χ3n) is 2.21. The summed E-state index contributed by atoms with van der Waals surface area (Å²) in [6, 6.07) is -0.306. The molecule has 6 nitrogen and oxygen atoms in total. The number of likely N-dealkylation sites (tertiary alicyclic amines) is 1. The number of β-lactam (4-membered cyclic amide) rings is 1. The molecule has 1 saturated heterocycles. The Morgan fingerprint density at radius 3 is 3.00 bits per heavy atom. The van der Waals surface area contributed by atoms with Crippen molar-refractivity contribution in [2.75, 3.05) is 13.1 Å². The van der Waals surface area contributed by atoms with Crippen molar-refractivity contribution < 1.29 is 9.32 Å². The lowest BCUT2D eigenvalue weighted by Crippen LogP contribution is -2.61. The lowest BCUT2D eigenvalue weighted by Gasteiger charge is -2.35. The second kappa shape index (κ2) is 3.38. The molecule has 6 heteroatoms. The molecule has 1 unspecified atom stereocenters. The van der Waals surface area contributed by atoms with Crippen LogP contribution in [0.2, 0.25) is 0 Å². The van der Waals surface area contributed by atoms with Gasteiger partial charge in [0, 0.05) is 19.5 Å². The van der Waals surface area contributed by atoms with E-state index in [0.717, 1.165) is 0 Å². The predicted molar refractivity (Wildman–Crippen MR) is 47.3 cm³/mol. The number of aromatic nitrogens is 2. The Hall–Kier alpha value is -1.43. The highest BCUT2D eigenvalue weighted by atomic mass is 16.5. The Bertz CT molecular complexity index is 349. The third kappa shape index (κ3) is 1.60. The lowest BCUT2D eigenvalue weighted by molar-refractivity contribution is -0.142. The van der Waals surface area contributed by atoms with Gasteiger partial charge in [-0.3, -0.25) is 4.79 Å². The Kier molecular flexibility index (Phi) is 2.20. The molecule has 76 valence electrons. The number of hydrogen-bond donors (Lipinski definition) is 1. The molecule has 2 N–H and O–H groups in total. The van der Waals surface area contributed by atoms with E-state index in [0.29, 0.717) is 31.2 Å². The predicted octanol–water partition coefficient (Wildman–Crippen LogP) is -0.910. The summed E-state index contributed by atoms with van der Waals surface area (Å²) in [5, 5.41) is 3.66. The highest BCUT2D eigenvalue weighted by Crippen LogP contribution is 2.08. The standard InChI is InChI=1S/C8H12N4O2/c1-5-10-7(14-11-5)2-3-12-4-6(9)8(12)13/h6H,2-4,9H2,1H3. The molecule has 1 aliphatic heterocycles. The largest absolute Gasteiger partial charge is 0.339 e. The molecule has 1 aromatic heterocycles. The average molecular weight is 196 g/mol. The molecule has 2 rings (SSSR count). The van der Waals surface area contributed by atoms with Crippen LogP contribution in [0.4, 0.5) is 0 Å². The molecule has 2 heterocycles. The smallest absolute Gasteiger partial charge is 0.241 e. The Labute approximate surface area is 81.1 Å². The fourth-order valence-corrected chi connectivity index (χ4v) is 1.40. The van der Waals surface area contributed by atoms with Gasteiger partial charge in [-0.05, 0) is 6.92 Å². The summed E-state index contributed by atoms with van der Waals surface area (Å²) in [5.41, 5.74) is 5.44. The lowest BCUT2D eigenvalue weighted by atomic mass is 10.1. The zero-order valence-corrected chi connectivity index (χ0v) is 7.93. The highest BCUT2D eigenvalue weighted by Gasteiger charge is 2.32. The molecular formula is C8H12N4O2. The molecule has 14 heavy (non-hydrogen) atoms. The van der Waals surface area contributed by atoms with Gasteiger partial charge in [-0.25, -0.2) is 0 Å². The Balaban J connectivity index is 1.81. The van der Waals surface area contributed by atoms with E-state index in [-0.39, 0.29) is 11.9 Å². The fourth-order valence-electron chi connectivity index (χ4n) is 1.40. The van der Waals surface area contributed by atoms with E-state index >= 15 is 0 Å². The van der Waals surface area contributed by atoms with Crippen LogP contribution in [0, 0.1) is 6.92 Å². The molecule has 1 atom stereocenters. The van der Waals surface area contributed by atoms with E-state index < -0.39 is 0 Å². The van der Waals surface area contributed by atoms with Crippen LogP contribution >= 0.6 is 0 Å². The first kappa shape index (κ1) is 9.14. The van der Waals surface area contributed by atoms with Gasteiger partial charge in [-0.15, -0.1) is 0 Å². The van der Waals surface area contributed by atoms with E-state index in [1.165, 1.54) is 0 Å². The zero-order valence-electron chi connectivity index (χ0n) is 7.93. The first-order valence-corrected chi connectivity index (χ1v) is 4.50. The maximum Gasteiger partial charge on any atom is 0.241 e. The van der Waals surface area contributed by atoms with Gasteiger partial charge in [-0.2, -0.15) is 4.98 Å². The summed E-state index contributed by atoms with van der Waals surface area (Å²) in [6.45, 7) is 3.00. The Morgan fingerprint density at radius 2 is 2.50 bits per heavy atom. The van der Waals surface area contributed by atoms with Crippen molar-refractivity contribution in [1.82, 2.24) is 15.0 Å². The van der Waals surface area contributed by atoms with Crippen molar-refractivity contribution in [2.24, 2.45) is 5.73 Å². The molecule has 1 fully saturated rings. The van der Waals surface area contributed by atoms with Crippen molar-refractivity contribution >= 4 is 5.91 Å². The zero-order chi connectivity index (χ0) is 10.1. The van der Waals surface area contributed by atoms with Crippen molar-refractivity contribution in [3.63, 3.8) is 0 Å². The van der Waals surface area contributed by atoms with Crippen LogP contribution in [-0.4, -0.2) is 40.1 Å². The van der Waals surface area contributed by atoms with Crippen molar-refractivity contribution in [1.29, 1.82) is 0 Å². The summed E-state index contributed by atoms with van der Waals surface area (Å²) in [5.74, 6) is 1.18. The van der Waals surface area contributed by atoms with E-state index in [1.807, 2.05) is 0 Å². The highest BCUT2D eigenvalue weighted by molar-refractivity contribution is 5.87. The van der Waals surface area contributed by atoms with Crippen molar-refractivity contribution in [3.8, 4) is 0 Å².